The van der Waals surface area contributed by atoms with Crippen molar-refractivity contribution < 1.29 is 0 Å². The Morgan fingerprint density at radius 1 is 1.21 bits per heavy atom. The molecule has 0 fully saturated rings. The highest BCUT2D eigenvalue weighted by atomic mass is 16.1. The van der Waals surface area contributed by atoms with Crippen molar-refractivity contribution in [2.45, 2.75) is 6.92 Å². The van der Waals surface area contributed by atoms with Gasteiger partial charge >= 0.3 is 5.69 Å². The van der Waals surface area contributed by atoms with E-state index in [2.05, 4.69) is 4.98 Å². The summed E-state index contributed by atoms with van der Waals surface area (Å²) in [5, 5.41) is 0. The molecule has 3 heteroatoms. The fourth-order valence-corrected chi connectivity index (χ4v) is 1.28. The summed E-state index contributed by atoms with van der Waals surface area (Å²) in [6.45, 7) is 1.91. The maximum absolute atomic E-state index is 11.4. The average molecular weight is 186 g/mol. The zero-order valence-electron chi connectivity index (χ0n) is 7.84. The third-order valence-electron chi connectivity index (χ3n) is 1.95. The highest BCUT2D eigenvalue weighted by Crippen LogP contribution is 2.03. The van der Waals surface area contributed by atoms with Crippen molar-refractivity contribution in [2.24, 2.45) is 0 Å². The Bertz CT molecular complexity index is 488. The number of aryl methyl sites for hydroxylation is 1. The van der Waals surface area contributed by atoms with Crippen molar-refractivity contribution in [3.05, 3.63) is 58.8 Å². The van der Waals surface area contributed by atoms with Gasteiger partial charge in [0.25, 0.3) is 0 Å². The molecule has 1 aromatic carbocycles. The van der Waals surface area contributed by atoms with E-state index in [1.165, 1.54) is 4.57 Å². The first-order chi connectivity index (χ1) is 6.77. The van der Waals surface area contributed by atoms with Crippen LogP contribution in [-0.2, 0) is 0 Å². The summed E-state index contributed by atoms with van der Waals surface area (Å²) in [7, 11) is 0. The summed E-state index contributed by atoms with van der Waals surface area (Å²) in [4.78, 5) is 15.2. The summed E-state index contributed by atoms with van der Waals surface area (Å²) in [5.74, 6) is 0. The van der Waals surface area contributed by atoms with Crippen molar-refractivity contribution in [1.82, 2.24) is 9.55 Å². The second-order valence-corrected chi connectivity index (χ2v) is 3.12. The Hall–Kier alpha value is -1.90. The van der Waals surface area contributed by atoms with E-state index in [1.54, 1.807) is 12.4 Å². The quantitative estimate of drug-likeness (QED) is 0.677. The lowest BCUT2D eigenvalue weighted by atomic mass is 10.3. The Labute approximate surface area is 81.7 Å². The molecule has 0 saturated carbocycles. The third-order valence-corrected chi connectivity index (χ3v) is 1.95. The normalized spacial score (nSPS) is 10.1. The van der Waals surface area contributed by atoms with Gasteiger partial charge in [0, 0.05) is 12.4 Å². The number of benzene rings is 1. The molecule has 0 atom stereocenters. The van der Waals surface area contributed by atoms with Crippen molar-refractivity contribution in [3.63, 3.8) is 0 Å². The number of hydrogen-bond acceptors (Lipinski definition) is 2. The molecule has 0 aliphatic heterocycles. The highest BCUT2D eigenvalue weighted by molar-refractivity contribution is 5.31. The molecule has 0 N–H and O–H groups in total. The molecular formula is C11H10N2O. The Balaban J connectivity index is 2.63. The Morgan fingerprint density at radius 2 is 1.93 bits per heavy atom. The van der Waals surface area contributed by atoms with Crippen LogP contribution in [0.2, 0.25) is 0 Å². The molecule has 0 amide bonds. The van der Waals surface area contributed by atoms with E-state index in [0.717, 1.165) is 11.3 Å². The molecule has 0 radical (unpaired) electrons. The molecule has 0 spiro atoms. The minimum absolute atomic E-state index is 0.248. The van der Waals surface area contributed by atoms with Crippen LogP contribution in [0, 0.1) is 6.92 Å². The zero-order chi connectivity index (χ0) is 9.97. The van der Waals surface area contributed by atoms with E-state index < -0.39 is 0 Å². The average Bonchev–Trinajstić information content (AvgIpc) is 2.23. The van der Waals surface area contributed by atoms with E-state index in [0.29, 0.717) is 0 Å². The van der Waals surface area contributed by atoms with Gasteiger partial charge in [-0.05, 0) is 24.6 Å². The summed E-state index contributed by atoms with van der Waals surface area (Å²) in [6.07, 6.45) is 3.35. The van der Waals surface area contributed by atoms with Crippen molar-refractivity contribution in [2.75, 3.05) is 0 Å². The maximum Gasteiger partial charge on any atom is 0.352 e. The lowest BCUT2D eigenvalue weighted by Crippen LogP contribution is -2.20. The largest absolute Gasteiger partial charge is 0.352 e. The summed E-state index contributed by atoms with van der Waals surface area (Å²) < 4.78 is 1.54. The second kappa shape index (κ2) is 3.46. The van der Waals surface area contributed by atoms with Crippen molar-refractivity contribution in [3.8, 4) is 5.69 Å². The molecule has 0 saturated heterocycles. The first kappa shape index (κ1) is 8.69. The van der Waals surface area contributed by atoms with E-state index in [4.69, 9.17) is 0 Å². The molecule has 1 heterocycles. The highest BCUT2D eigenvalue weighted by Gasteiger charge is 1.98. The Morgan fingerprint density at radius 3 is 2.64 bits per heavy atom. The predicted molar refractivity (Wildman–Crippen MR) is 54.6 cm³/mol. The standard InChI is InChI=1S/C11H10N2O/c1-9-7-12-11(14)13(8-9)10-5-3-2-4-6-10/h2-8H,1H3. The first-order valence-corrected chi connectivity index (χ1v) is 4.38. The second-order valence-electron chi connectivity index (χ2n) is 3.12. The summed E-state index contributed by atoms with van der Waals surface area (Å²) in [6, 6.07) is 9.46. The molecule has 0 aliphatic carbocycles. The van der Waals surface area contributed by atoms with Crippen LogP contribution in [0.1, 0.15) is 5.56 Å². The van der Waals surface area contributed by atoms with Crippen LogP contribution < -0.4 is 5.69 Å². The minimum Gasteiger partial charge on any atom is -0.268 e. The molecule has 2 rings (SSSR count). The maximum atomic E-state index is 11.4. The molecule has 0 aliphatic rings. The van der Waals surface area contributed by atoms with Crippen molar-refractivity contribution >= 4 is 0 Å². The number of aromatic nitrogens is 2. The van der Waals surface area contributed by atoms with Gasteiger partial charge in [-0.25, -0.2) is 9.78 Å². The van der Waals surface area contributed by atoms with E-state index in [9.17, 15) is 4.79 Å². The van der Waals surface area contributed by atoms with Crippen LogP contribution >= 0.6 is 0 Å². The molecule has 2 aromatic rings. The third kappa shape index (κ3) is 1.57. The van der Waals surface area contributed by atoms with Crippen molar-refractivity contribution in [1.29, 1.82) is 0 Å². The van der Waals surface area contributed by atoms with Gasteiger partial charge in [-0.1, -0.05) is 18.2 Å². The van der Waals surface area contributed by atoms with Crippen LogP contribution in [0.15, 0.2) is 47.5 Å². The van der Waals surface area contributed by atoms with Gasteiger partial charge in [-0.3, -0.25) is 4.57 Å². The lowest BCUT2D eigenvalue weighted by Gasteiger charge is -2.04. The number of nitrogens with zero attached hydrogens (tertiary/aromatic N) is 2. The van der Waals surface area contributed by atoms with Crippen LogP contribution in [-0.4, -0.2) is 9.55 Å². The minimum atomic E-state index is -0.248. The first-order valence-electron chi connectivity index (χ1n) is 4.38. The van der Waals surface area contributed by atoms with Gasteiger partial charge in [-0.15, -0.1) is 0 Å². The van der Waals surface area contributed by atoms with Gasteiger partial charge in [0.15, 0.2) is 0 Å². The van der Waals surface area contributed by atoms with Crippen LogP contribution in [0.3, 0.4) is 0 Å². The molecule has 1 aromatic heterocycles. The lowest BCUT2D eigenvalue weighted by molar-refractivity contribution is 0.900. The fraction of sp³-hybridized carbons (Fsp3) is 0.0909. The van der Waals surface area contributed by atoms with Gasteiger partial charge in [-0.2, -0.15) is 0 Å². The predicted octanol–water partition coefficient (Wildman–Crippen LogP) is 1.54. The number of para-hydroxylation sites is 1. The van der Waals surface area contributed by atoms with E-state index >= 15 is 0 Å². The molecular weight excluding hydrogens is 176 g/mol. The van der Waals surface area contributed by atoms with Gasteiger partial charge in [0.2, 0.25) is 0 Å². The Kier molecular flexibility index (Phi) is 2.14. The number of hydrogen-bond donors (Lipinski definition) is 0. The number of rotatable bonds is 1. The van der Waals surface area contributed by atoms with Crippen LogP contribution in [0.5, 0.6) is 0 Å². The summed E-state index contributed by atoms with van der Waals surface area (Å²) in [5.41, 5.74) is 1.56. The molecule has 70 valence electrons. The SMILES string of the molecule is Cc1cnc(=O)n(-c2ccccc2)c1. The topological polar surface area (TPSA) is 34.9 Å². The molecule has 3 nitrogen and oxygen atoms in total. The monoisotopic (exact) mass is 186 g/mol. The molecule has 0 bridgehead atoms. The molecule has 14 heavy (non-hydrogen) atoms. The van der Waals surface area contributed by atoms with Gasteiger partial charge < -0.3 is 0 Å². The van der Waals surface area contributed by atoms with Crippen LogP contribution in [0.25, 0.3) is 5.69 Å². The van der Waals surface area contributed by atoms with Gasteiger partial charge in [0.1, 0.15) is 0 Å². The fourth-order valence-electron chi connectivity index (χ4n) is 1.28. The van der Waals surface area contributed by atoms with E-state index in [-0.39, 0.29) is 5.69 Å². The smallest absolute Gasteiger partial charge is 0.268 e. The summed E-state index contributed by atoms with van der Waals surface area (Å²) >= 11 is 0. The zero-order valence-corrected chi connectivity index (χ0v) is 7.84. The van der Waals surface area contributed by atoms with E-state index in [1.807, 2.05) is 37.3 Å². The van der Waals surface area contributed by atoms with Crippen LogP contribution in [0.4, 0.5) is 0 Å². The molecule has 0 unspecified atom stereocenters. The van der Waals surface area contributed by atoms with Gasteiger partial charge in [0.05, 0.1) is 5.69 Å².